The van der Waals surface area contributed by atoms with E-state index >= 15 is 0 Å². The number of benzene rings is 1. The number of carbonyl (C=O) groups is 1. The van der Waals surface area contributed by atoms with Crippen LogP contribution in [0.2, 0.25) is 0 Å². The Hall–Kier alpha value is -2.57. The molecule has 0 bridgehead atoms. The van der Waals surface area contributed by atoms with Crippen molar-refractivity contribution in [2.45, 2.75) is 18.4 Å². The minimum atomic E-state index is -1.31. The zero-order chi connectivity index (χ0) is 15.9. The van der Waals surface area contributed by atoms with Crippen LogP contribution in [0.5, 0.6) is 0 Å². The van der Waals surface area contributed by atoms with Gasteiger partial charge in [0.05, 0.1) is 11.1 Å². The maximum absolute atomic E-state index is 13.9. The van der Waals surface area contributed by atoms with E-state index in [4.69, 9.17) is 5.11 Å². The van der Waals surface area contributed by atoms with Gasteiger partial charge >= 0.3 is 5.97 Å². The van der Waals surface area contributed by atoms with Crippen LogP contribution < -0.4 is 5.32 Å². The molecule has 1 aromatic heterocycles. The summed E-state index contributed by atoms with van der Waals surface area (Å²) in [6, 6.07) is 4.34. The molecule has 0 amide bonds. The van der Waals surface area contributed by atoms with Crippen molar-refractivity contribution in [3.05, 3.63) is 59.0 Å². The number of hydrogen-bond donors (Lipinski definition) is 2. The van der Waals surface area contributed by atoms with E-state index in [0.29, 0.717) is 12.8 Å². The van der Waals surface area contributed by atoms with Gasteiger partial charge in [-0.05, 0) is 31.0 Å². The van der Waals surface area contributed by atoms with Gasteiger partial charge in [-0.25, -0.2) is 22.9 Å². The predicted molar refractivity (Wildman–Crippen MR) is 72.0 cm³/mol. The summed E-state index contributed by atoms with van der Waals surface area (Å²) >= 11 is 0. The number of carboxylic acids is 1. The Morgan fingerprint density at radius 3 is 2.32 bits per heavy atom. The number of pyridine rings is 1. The van der Waals surface area contributed by atoms with Crippen LogP contribution in [-0.2, 0) is 5.54 Å². The molecule has 4 nitrogen and oxygen atoms in total. The van der Waals surface area contributed by atoms with Crippen molar-refractivity contribution in [1.82, 2.24) is 4.98 Å². The van der Waals surface area contributed by atoms with E-state index < -0.39 is 29.0 Å². The number of halogens is 3. The fourth-order valence-electron chi connectivity index (χ4n) is 2.39. The van der Waals surface area contributed by atoms with Gasteiger partial charge in [0.1, 0.15) is 11.6 Å². The van der Waals surface area contributed by atoms with Crippen LogP contribution in [0.3, 0.4) is 0 Å². The van der Waals surface area contributed by atoms with Crippen LogP contribution in [0.4, 0.5) is 19.0 Å². The normalized spacial score (nSPS) is 15.4. The molecule has 1 aromatic carbocycles. The Bertz CT molecular complexity index is 740. The molecule has 1 aliphatic carbocycles. The SMILES string of the molecule is O=C(O)c1cnc(NC2(c3c(F)cccc3F)CC2)c(F)c1. The maximum Gasteiger partial charge on any atom is 0.337 e. The number of aromatic nitrogens is 1. The summed E-state index contributed by atoms with van der Waals surface area (Å²) in [5, 5.41) is 11.5. The molecule has 1 aliphatic rings. The number of rotatable bonds is 4. The van der Waals surface area contributed by atoms with E-state index in [2.05, 4.69) is 10.3 Å². The topological polar surface area (TPSA) is 62.2 Å². The monoisotopic (exact) mass is 308 g/mol. The molecule has 0 atom stereocenters. The van der Waals surface area contributed by atoms with Crippen LogP contribution in [0.25, 0.3) is 0 Å². The molecule has 0 spiro atoms. The first-order chi connectivity index (χ1) is 10.4. The predicted octanol–water partition coefficient (Wildman–Crippen LogP) is 3.30. The molecule has 1 saturated carbocycles. The Balaban J connectivity index is 1.95. The summed E-state index contributed by atoms with van der Waals surface area (Å²) in [6.07, 6.45) is 1.83. The molecule has 22 heavy (non-hydrogen) atoms. The van der Waals surface area contributed by atoms with Crippen molar-refractivity contribution in [2.75, 3.05) is 5.32 Å². The Kier molecular flexibility index (Phi) is 3.27. The molecule has 1 fully saturated rings. The van der Waals surface area contributed by atoms with Gasteiger partial charge < -0.3 is 10.4 Å². The zero-order valence-corrected chi connectivity index (χ0v) is 11.2. The van der Waals surface area contributed by atoms with Gasteiger partial charge in [0.25, 0.3) is 0 Å². The molecular formula is C15H11F3N2O2. The quantitative estimate of drug-likeness (QED) is 0.910. The molecular weight excluding hydrogens is 297 g/mol. The first kappa shape index (κ1) is 14.4. The molecule has 114 valence electrons. The summed E-state index contributed by atoms with van der Waals surface area (Å²) < 4.78 is 41.7. The average Bonchev–Trinajstić information content (AvgIpc) is 3.21. The van der Waals surface area contributed by atoms with Crippen molar-refractivity contribution in [1.29, 1.82) is 0 Å². The second-order valence-electron chi connectivity index (χ2n) is 5.16. The highest BCUT2D eigenvalue weighted by atomic mass is 19.1. The van der Waals surface area contributed by atoms with Gasteiger partial charge in [-0.15, -0.1) is 0 Å². The molecule has 0 saturated heterocycles. The molecule has 2 N–H and O–H groups in total. The maximum atomic E-state index is 13.9. The highest BCUT2D eigenvalue weighted by Gasteiger charge is 2.48. The lowest BCUT2D eigenvalue weighted by atomic mass is 10.0. The lowest BCUT2D eigenvalue weighted by Gasteiger charge is -2.20. The van der Waals surface area contributed by atoms with Gasteiger partial charge in [-0.3, -0.25) is 0 Å². The van der Waals surface area contributed by atoms with Crippen LogP contribution >= 0.6 is 0 Å². The molecule has 3 rings (SSSR count). The molecule has 0 unspecified atom stereocenters. The van der Waals surface area contributed by atoms with Crippen molar-refractivity contribution in [2.24, 2.45) is 0 Å². The highest BCUT2D eigenvalue weighted by Crippen LogP contribution is 2.50. The Labute approximate surface area is 123 Å². The molecule has 0 radical (unpaired) electrons. The van der Waals surface area contributed by atoms with Gasteiger partial charge in [-0.2, -0.15) is 0 Å². The van der Waals surface area contributed by atoms with E-state index in [0.717, 1.165) is 24.4 Å². The molecule has 0 aliphatic heterocycles. The third kappa shape index (κ3) is 2.38. The zero-order valence-electron chi connectivity index (χ0n) is 11.2. The van der Waals surface area contributed by atoms with Crippen molar-refractivity contribution in [3.8, 4) is 0 Å². The van der Waals surface area contributed by atoms with Gasteiger partial charge in [-0.1, -0.05) is 6.07 Å². The summed E-state index contributed by atoms with van der Waals surface area (Å²) in [6.45, 7) is 0. The third-order valence-corrected chi connectivity index (χ3v) is 3.64. The van der Waals surface area contributed by atoms with E-state index in [1.807, 2.05) is 0 Å². The number of carboxylic acid groups (broad SMARTS) is 1. The van der Waals surface area contributed by atoms with Crippen LogP contribution in [-0.4, -0.2) is 16.1 Å². The smallest absolute Gasteiger partial charge is 0.337 e. The van der Waals surface area contributed by atoms with E-state index in [-0.39, 0.29) is 16.9 Å². The fraction of sp³-hybridized carbons (Fsp3) is 0.200. The summed E-state index contributed by atoms with van der Waals surface area (Å²) in [5.41, 5.74) is -1.50. The largest absolute Gasteiger partial charge is 0.478 e. The summed E-state index contributed by atoms with van der Waals surface area (Å²) in [7, 11) is 0. The van der Waals surface area contributed by atoms with Gasteiger partial charge in [0.15, 0.2) is 11.6 Å². The molecule has 2 aromatic rings. The van der Waals surface area contributed by atoms with E-state index in [9.17, 15) is 18.0 Å². The van der Waals surface area contributed by atoms with E-state index in [1.54, 1.807) is 0 Å². The lowest BCUT2D eigenvalue weighted by Crippen LogP contribution is -2.23. The van der Waals surface area contributed by atoms with Crippen molar-refractivity contribution < 1.29 is 23.1 Å². The fourth-order valence-corrected chi connectivity index (χ4v) is 2.39. The number of anilines is 1. The molecule has 7 heteroatoms. The Morgan fingerprint density at radius 2 is 1.82 bits per heavy atom. The summed E-state index contributed by atoms with van der Waals surface area (Å²) in [4.78, 5) is 14.4. The second-order valence-corrected chi connectivity index (χ2v) is 5.16. The first-order valence-corrected chi connectivity index (χ1v) is 6.54. The third-order valence-electron chi connectivity index (χ3n) is 3.64. The number of aromatic carboxylic acids is 1. The molecule has 1 heterocycles. The minimum absolute atomic E-state index is 0.154. The average molecular weight is 308 g/mol. The first-order valence-electron chi connectivity index (χ1n) is 6.54. The van der Waals surface area contributed by atoms with Crippen molar-refractivity contribution in [3.63, 3.8) is 0 Å². The minimum Gasteiger partial charge on any atom is -0.478 e. The second kappa shape index (κ2) is 5.01. The van der Waals surface area contributed by atoms with Crippen molar-refractivity contribution >= 4 is 11.8 Å². The van der Waals surface area contributed by atoms with Crippen LogP contribution in [0.15, 0.2) is 30.5 Å². The van der Waals surface area contributed by atoms with E-state index in [1.165, 1.54) is 6.07 Å². The Morgan fingerprint density at radius 1 is 1.18 bits per heavy atom. The number of hydrogen-bond acceptors (Lipinski definition) is 3. The van der Waals surface area contributed by atoms with Crippen LogP contribution in [0.1, 0.15) is 28.8 Å². The number of nitrogens with zero attached hydrogens (tertiary/aromatic N) is 1. The standard InChI is InChI=1S/C15H11F3N2O2/c16-9-2-1-3-10(17)12(9)15(4-5-15)20-13-11(18)6-8(7-19-13)14(21)22/h1-3,6-7H,4-5H2,(H,19,20)(H,21,22). The summed E-state index contributed by atoms with van der Waals surface area (Å²) in [5.74, 6) is -3.85. The van der Waals surface area contributed by atoms with Crippen LogP contribution in [0, 0.1) is 17.5 Å². The lowest BCUT2D eigenvalue weighted by molar-refractivity contribution is 0.0696. The highest BCUT2D eigenvalue weighted by molar-refractivity contribution is 5.87. The van der Waals surface area contributed by atoms with Gasteiger partial charge in [0.2, 0.25) is 0 Å². The number of nitrogens with one attached hydrogen (secondary N) is 1. The van der Waals surface area contributed by atoms with Gasteiger partial charge in [0, 0.05) is 11.8 Å².